The maximum Gasteiger partial charge on any atom is 0.227 e. The van der Waals surface area contributed by atoms with Crippen LogP contribution in [0.5, 0.6) is 0 Å². The van der Waals surface area contributed by atoms with E-state index < -0.39 is 0 Å². The van der Waals surface area contributed by atoms with Gasteiger partial charge in [-0.15, -0.1) is 0 Å². The molecule has 0 spiro atoms. The molecule has 0 aliphatic carbocycles. The molecule has 20 heavy (non-hydrogen) atoms. The molecule has 2 bridgehead atoms. The van der Waals surface area contributed by atoms with E-state index >= 15 is 0 Å². The Kier molecular flexibility index (Phi) is 3.03. The second kappa shape index (κ2) is 4.88. The van der Waals surface area contributed by atoms with Crippen molar-refractivity contribution in [1.82, 2.24) is 10.2 Å². The predicted molar refractivity (Wildman–Crippen MR) is 78.5 cm³/mol. The third-order valence-corrected chi connectivity index (χ3v) is 5.35. The minimum Gasteiger partial charge on any atom is -0.342 e. The number of hydrogen-bond acceptors (Lipinski definition) is 2. The molecular formula is C17H22N2O. The fourth-order valence-corrected chi connectivity index (χ4v) is 4.22. The van der Waals surface area contributed by atoms with Crippen LogP contribution in [0.2, 0.25) is 0 Å². The van der Waals surface area contributed by atoms with Crippen LogP contribution in [0.15, 0.2) is 24.3 Å². The zero-order valence-corrected chi connectivity index (χ0v) is 11.8. The number of carbonyl (C=O) groups is 1. The van der Waals surface area contributed by atoms with Crippen LogP contribution < -0.4 is 5.32 Å². The van der Waals surface area contributed by atoms with Gasteiger partial charge >= 0.3 is 0 Å². The van der Waals surface area contributed by atoms with Crippen molar-refractivity contribution < 1.29 is 4.79 Å². The monoisotopic (exact) mass is 270 g/mol. The van der Waals surface area contributed by atoms with Crippen molar-refractivity contribution in [3.05, 3.63) is 35.4 Å². The van der Waals surface area contributed by atoms with Crippen LogP contribution in [0.3, 0.4) is 0 Å². The van der Waals surface area contributed by atoms with Gasteiger partial charge in [-0.1, -0.05) is 24.3 Å². The van der Waals surface area contributed by atoms with Crippen molar-refractivity contribution >= 4 is 5.91 Å². The van der Waals surface area contributed by atoms with Gasteiger partial charge in [-0.3, -0.25) is 4.79 Å². The van der Waals surface area contributed by atoms with E-state index in [1.165, 1.54) is 24.0 Å². The molecule has 2 fully saturated rings. The SMILES string of the molecule is O=C(C1CC2CCC1N2)N1CCc2ccccc2CC1. The van der Waals surface area contributed by atoms with Gasteiger partial charge < -0.3 is 10.2 Å². The molecule has 1 N–H and O–H groups in total. The highest BCUT2D eigenvalue weighted by Gasteiger charge is 2.44. The third kappa shape index (κ3) is 2.05. The van der Waals surface area contributed by atoms with Gasteiger partial charge in [-0.2, -0.15) is 0 Å². The van der Waals surface area contributed by atoms with Crippen molar-refractivity contribution in [1.29, 1.82) is 0 Å². The lowest BCUT2D eigenvalue weighted by atomic mass is 9.88. The quantitative estimate of drug-likeness (QED) is 0.843. The van der Waals surface area contributed by atoms with Crippen LogP contribution in [-0.2, 0) is 17.6 Å². The van der Waals surface area contributed by atoms with E-state index in [4.69, 9.17) is 0 Å². The molecule has 3 nitrogen and oxygen atoms in total. The summed E-state index contributed by atoms with van der Waals surface area (Å²) in [6, 6.07) is 9.70. The van der Waals surface area contributed by atoms with Crippen LogP contribution in [0.25, 0.3) is 0 Å². The Balaban J connectivity index is 1.47. The Morgan fingerprint density at radius 1 is 1.10 bits per heavy atom. The first kappa shape index (κ1) is 12.4. The van der Waals surface area contributed by atoms with E-state index in [0.29, 0.717) is 18.0 Å². The Bertz CT molecular complexity index is 500. The minimum atomic E-state index is 0.245. The Labute approximate surface area is 120 Å². The maximum atomic E-state index is 12.8. The van der Waals surface area contributed by atoms with Gasteiger partial charge in [0.05, 0.1) is 5.92 Å². The molecule has 3 heteroatoms. The summed E-state index contributed by atoms with van der Waals surface area (Å²) in [4.78, 5) is 14.9. The van der Waals surface area contributed by atoms with E-state index in [1.807, 2.05) is 0 Å². The highest BCUT2D eigenvalue weighted by Crippen LogP contribution is 2.34. The molecule has 3 aliphatic heterocycles. The van der Waals surface area contributed by atoms with E-state index in [2.05, 4.69) is 34.5 Å². The van der Waals surface area contributed by atoms with E-state index in [1.54, 1.807) is 0 Å². The van der Waals surface area contributed by atoms with Crippen LogP contribution in [0.1, 0.15) is 30.4 Å². The molecule has 0 aromatic heterocycles. The summed E-state index contributed by atoms with van der Waals surface area (Å²) in [6.07, 6.45) is 5.54. The second-order valence-corrected chi connectivity index (χ2v) is 6.48. The summed E-state index contributed by atoms with van der Waals surface area (Å²) in [5, 5.41) is 3.58. The predicted octanol–water partition coefficient (Wildman–Crippen LogP) is 1.75. The van der Waals surface area contributed by atoms with Crippen LogP contribution in [-0.4, -0.2) is 36.0 Å². The number of rotatable bonds is 1. The molecule has 3 aliphatic rings. The van der Waals surface area contributed by atoms with E-state index in [-0.39, 0.29) is 5.92 Å². The molecule has 3 heterocycles. The highest BCUT2D eigenvalue weighted by atomic mass is 16.2. The average molecular weight is 270 g/mol. The number of hydrogen-bond donors (Lipinski definition) is 1. The molecule has 4 rings (SSSR count). The zero-order chi connectivity index (χ0) is 13.5. The van der Waals surface area contributed by atoms with Crippen LogP contribution >= 0.6 is 0 Å². The Morgan fingerprint density at radius 3 is 2.35 bits per heavy atom. The summed E-state index contributed by atoms with van der Waals surface area (Å²) in [5.74, 6) is 0.646. The highest BCUT2D eigenvalue weighted by molar-refractivity contribution is 5.80. The molecule has 106 valence electrons. The summed E-state index contributed by atoms with van der Waals surface area (Å²) in [7, 11) is 0. The number of nitrogens with zero attached hydrogens (tertiary/aromatic N) is 1. The fourth-order valence-electron chi connectivity index (χ4n) is 4.22. The number of carbonyl (C=O) groups excluding carboxylic acids is 1. The first-order valence-electron chi connectivity index (χ1n) is 7.93. The normalized spacial score (nSPS) is 32.0. The van der Waals surface area contributed by atoms with Gasteiger partial charge in [0, 0.05) is 25.2 Å². The number of nitrogens with one attached hydrogen (secondary N) is 1. The second-order valence-electron chi connectivity index (χ2n) is 6.48. The first-order valence-corrected chi connectivity index (χ1v) is 7.93. The van der Waals surface area contributed by atoms with Crippen molar-refractivity contribution in [3.8, 4) is 0 Å². The topological polar surface area (TPSA) is 32.3 Å². The Morgan fingerprint density at radius 2 is 1.80 bits per heavy atom. The third-order valence-electron chi connectivity index (χ3n) is 5.35. The van der Waals surface area contributed by atoms with Crippen molar-refractivity contribution in [2.45, 2.75) is 44.2 Å². The molecule has 3 unspecified atom stereocenters. The number of amides is 1. The molecule has 0 saturated carbocycles. The van der Waals surface area contributed by atoms with E-state index in [0.717, 1.165) is 32.4 Å². The smallest absolute Gasteiger partial charge is 0.227 e. The standard InChI is InChI=1S/C17H22N2O/c20-17(15-11-14-5-6-16(15)18-14)19-9-7-12-3-1-2-4-13(12)8-10-19/h1-4,14-16,18H,5-11H2. The molecule has 1 aromatic rings. The lowest BCUT2D eigenvalue weighted by Gasteiger charge is -2.27. The molecule has 3 atom stereocenters. The molecule has 0 radical (unpaired) electrons. The molecule has 1 amide bonds. The molecule has 1 aromatic carbocycles. The minimum absolute atomic E-state index is 0.245. The molecular weight excluding hydrogens is 248 g/mol. The first-order chi connectivity index (χ1) is 9.81. The van der Waals surface area contributed by atoms with Gasteiger partial charge in [0.1, 0.15) is 0 Å². The summed E-state index contributed by atoms with van der Waals surface area (Å²) >= 11 is 0. The molecule has 2 saturated heterocycles. The van der Waals surface area contributed by atoms with Gasteiger partial charge in [-0.05, 0) is 43.2 Å². The number of fused-ring (bicyclic) bond motifs is 3. The lowest BCUT2D eigenvalue weighted by Crippen LogP contribution is -2.42. The van der Waals surface area contributed by atoms with Crippen molar-refractivity contribution in [2.24, 2.45) is 5.92 Å². The van der Waals surface area contributed by atoms with Crippen LogP contribution in [0.4, 0.5) is 0 Å². The fraction of sp³-hybridized carbons (Fsp3) is 0.588. The summed E-state index contributed by atoms with van der Waals surface area (Å²) < 4.78 is 0. The zero-order valence-electron chi connectivity index (χ0n) is 11.8. The average Bonchev–Trinajstić information content (AvgIpc) is 3.04. The van der Waals surface area contributed by atoms with Gasteiger partial charge in [0.15, 0.2) is 0 Å². The van der Waals surface area contributed by atoms with Crippen molar-refractivity contribution in [3.63, 3.8) is 0 Å². The maximum absolute atomic E-state index is 12.8. The van der Waals surface area contributed by atoms with E-state index in [9.17, 15) is 4.79 Å². The lowest BCUT2D eigenvalue weighted by molar-refractivity contribution is -0.136. The largest absolute Gasteiger partial charge is 0.342 e. The van der Waals surface area contributed by atoms with Crippen molar-refractivity contribution in [2.75, 3.05) is 13.1 Å². The van der Waals surface area contributed by atoms with Gasteiger partial charge in [0.2, 0.25) is 5.91 Å². The van der Waals surface area contributed by atoms with Gasteiger partial charge in [0.25, 0.3) is 0 Å². The summed E-state index contributed by atoms with van der Waals surface area (Å²) in [5.41, 5.74) is 2.85. The number of benzene rings is 1. The summed E-state index contributed by atoms with van der Waals surface area (Å²) in [6.45, 7) is 1.79. The van der Waals surface area contributed by atoms with Gasteiger partial charge in [-0.25, -0.2) is 0 Å². The Hall–Kier alpha value is -1.35. The van der Waals surface area contributed by atoms with Crippen LogP contribution in [0, 0.1) is 5.92 Å².